The van der Waals surface area contributed by atoms with Crippen molar-refractivity contribution in [2.45, 2.75) is 5.92 Å². The fourth-order valence-electron chi connectivity index (χ4n) is 9.35. The molecule has 2 nitrogen and oxygen atoms in total. The van der Waals surface area contributed by atoms with Crippen molar-refractivity contribution in [1.82, 2.24) is 0 Å². The molecule has 2 aliphatic rings. The molecule has 0 bridgehead atoms. The molecule has 2 atom stereocenters. The number of nitrogens with zero attached hydrogens (tertiary/aromatic N) is 2. The second-order valence-electron chi connectivity index (χ2n) is 16.1. The van der Waals surface area contributed by atoms with Gasteiger partial charge in [-0.3, -0.25) is 0 Å². The van der Waals surface area contributed by atoms with E-state index in [0.29, 0.717) is 0 Å². The molecule has 11 rings (SSSR count). The van der Waals surface area contributed by atoms with Gasteiger partial charge in [0.15, 0.2) is 0 Å². The summed E-state index contributed by atoms with van der Waals surface area (Å²) in [5.74, 6) is 0.475. The molecule has 62 heavy (non-hydrogen) atoms. The van der Waals surface area contributed by atoms with E-state index in [9.17, 15) is 0 Å². The first kappa shape index (κ1) is 37.1. The van der Waals surface area contributed by atoms with Gasteiger partial charge in [-0.15, -0.1) is 0 Å². The van der Waals surface area contributed by atoms with Crippen molar-refractivity contribution in [2.75, 3.05) is 9.80 Å². The Labute approximate surface area is 364 Å². The predicted molar refractivity (Wildman–Crippen MR) is 262 cm³/mol. The molecule has 0 heterocycles. The van der Waals surface area contributed by atoms with Gasteiger partial charge in [-0.25, -0.2) is 0 Å². The molecular formula is C60H44N2. The van der Waals surface area contributed by atoms with Gasteiger partial charge in [0.1, 0.15) is 0 Å². The van der Waals surface area contributed by atoms with Crippen LogP contribution in [0.25, 0.3) is 50.2 Å². The van der Waals surface area contributed by atoms with Crippen molar-refractivity contribution < 1.29 is 0 Å². The van der Waals surface area contributed by atoms with Crippen molar-refractivity contribution in [3.8, 4) is 33.4 Å². The van der Waals surface area contributed by atoms with Crippen LogP contribution in [-0.4, -0.2) is 0 Å². The maximum Gasteiger partial charge on any atom is 0.0537 e. The number of anilines is 5. The maximum absolute atomic E-state index is 2.50. The largest absolute Gasteiger partial charge is 0.313 e. The second kappa shape index (κ2) is 16.3. The Kier molecular flexibility index (Phi) is 9.72. The smallest absolute Gasteiger partial charge is 0.0537 e. The van der Waals surface area contributed by atoms with E-state index in [2.05, 4.69) is 265 Å². The highest BCUT2D eigenvalue weighted by molar-refractivity contribution is 5.98. The zero-order valence-electron chi connectivity index (χ0n) is 34.3. The molecule has 0 radical (unpaired) electrons. The third kappa shape index (κ3) is 7.02. The number of fused-ring (bicyclic) bond motifs is 4. The van der Waals surface area contributed by atoms with Crippen LogP contribution in [0.1, 0.15) is 17.0 Å². The summed E-state index contributed by atoms with van der Waals surface area (Å²) in [6.07, 6.45) is 11.6. The minimum atomic E-state index is 0.202. The Morgan fingerprint density at radius 3 is 1.27 bits per heavy atom. The van der Waals surface area contributed by atoms with Gasteiger partial charge in [-0.1, -0.05) is 194 Å². The molecule has 0 saturated carbocycles. The highest BCUT2D eigenvalue weighted by Gasteiger charge is 2.33. The van der Waals surface area contributed by atoms with E-state index in [4.69, 9.17) is 0 Å². The van der Waals surface area contributed by atoms with E-state index < -0.39 is 0 Å². The molecule has 294 valence electrons. The Morgan fingerprint density at radius 2 is 0.726 bits per heavy atom. The van der Waals surface area contributed by atoms with Crippen LogP contribution in [0.5, 0.6) is 0 Å². The highest BCUT2D eigenvalue weighted by Crippen LogP contribution is 2.48. The zero-order chi connectivity index (χ0) is 41.2. The third-order valence-corrected chi connectivity index (χ3v) is 12.5. The van der Waals surface area contributed by atoms with Crippen molar-refractivity contribution in [2.24, 2.45) is 5.92 Å². The lowest BCUT2D eigenvalue weighted by Gasteiger charge is -2.39. The summed E-state index contributed by atoms with van der Waals surface area (Å²) in [6.45, 7) is 0. The molecule has 9 aromatic carbocycles. The maximum atomic E-state index is 2.50. The van der Waals surface area contributed by atoms with Crippen LogP contribution in [0.3, 0.4) is 0 Å². The van der Waals surface area contributed by atoms with Gasteiger partial charge in [0.05, 0.1) is 5.69 Å². The summed E-state index contributed by atoms with van der Waals surface area (Å²) in [5.41, 5.74) is 16.7. The molecule has 0 aromatic heterocycles. The summed E-state index contributed by atoms with van der Waals surface area (Å²) < 4.78 is 0. The van der Waals surface area contributed by atoms with Crippen LogP contribution in [0, 0.1) is 5.92 Å². The Bertz CT molecular complexity index is 3000. The summed E-state index contributed by atoms with van der Waals surface area (Å²) >= 11 is 0. The molecule has 0 fully saturated rings. The van der Waals surface area contributed by atoms with Crippen LogP contribution >= 0.6 is 0 Å². The van der Waals surface area contributed by atoms with Crippen LogP contribution in [0.15, 0.2) is 254 Å². The number of hydrogen-bond acceptors (Lipinski definition) is 2. The highest BCUT2D eigenvalue weighted by atomic mass is 15.2. The summed E-state index contributed by atoms with van der Waals surface area (Å²) in [4.78, 5) is 4.84. The van der Waals surface area contributed by atoms with Crippen molar-refractivity contribution >= 4 is 45.3 Å². The number of rotatable bonds is 9. The van der Waals surface area contributed by atoms with Gasteiger partial charge in [-0.05, 0) is 111 Å². The van der Waals surface area contributed by atoms with Gasteiger partial charge >= 0.3 is 0 Å². The lowest BCUT2D eigenvalue weighted by molar-refractivity contribution is 0.643. The average Bonchev–Trinajstić information content (AvgIpc) is 3.36. The first-order valence-corrected chi connectivity index (χ1v) is 21.5. The van der Waals surface area contributed by atoms with Gasteiger partial charge < -0.3 is 9.80 Å². The Hall–Kier alpha value is -7.94. The molecule has 0 amide bonds. The van der Waals surface area contributed by atoms with Gasteiger partial charge in [0.25, 0.3) is 0 Å². The van der Waals surface area contributed by atoms with Crippen molar-refractivity contribution in [1.29, 1.82) is 0 Å². The van der Waals surface area contributed by atoms with Crippen LogP contribution in [0.2, 0.25) is 0 Å². The molecule has 0 aliphatic heterocycles. The fourth-order valence-corrected chi connectivity index (χ4v) is 9.35. The van der Waals surface area contributed by atoms with E-state index >= 15 is 0 Å². The van der Waals surface area contributed by atoms with E-state index in [0.717, 1.165) is 22.7 Å². The third-order valence-electron chi connectivity index (χ3n) is 12.5. The number of benzene rings is 9. The molecule has 2 heteroatoms. The average molecular weight is 793 g/mol. The first-order chi connectivity index (χ1) is 30.7. The zero-order valence-corrected chi connectivity index (χ0v) is 34.3. The normalized spacial score (nSPS) is 15.1. The second-order valence-corrected chi connectivity index (χ2v) is 16.1. The topological polar surface area (TPSA) is 6.48 Å². The minimum Gasteiger partial charge on any atom is -0.313 e. The van der Waals surface area contributed by atoms with Crippen molar-refractivity contribution in [3.05, 3.63) is 266 Å². The van der Waals surface area contributed by atoms with E-state index in [1.165, 1.54) is 66.7 Å². The SMILES string of the molecule is C1=CC2C(N(c3ccc(-c4ccc(N(c5ccc(-c6ccccc6)cc5)c5ccc(-c6ccccc6)cc5)cc4)cc3)c3cccc4ccccc34)=Cc3ccccc3C2C=C1. The molecular weight excluding hydrogens is 749 g/mol. The van der Waals surface area contributed by atoms with E-state index in [1.54, 1.807) is 0 Å². The van der Waals surface area contributed by atoms with Gasteiger partial charge in [0.2, 0.25) is 0 Å². The lowest BCUT2D eigenvalue weighted by Crippen LogP contribution is -2.28. The predicted octanol–water partition coefficient (Wildman–Crippen LogP) is 16.3. The summed E-state index contributed by atoms with van der Waals surface area (Å²) in [6, 6.07) is 81.3. The van der Waals surface area contributed by atoms with Gasteiger partial charge in [-0.2, -0.15) is 0 Å². The molecule has 0 saturated heterocycles. The Morgan fingerprint density at radius 1 is 0.306 bits per heavy atom. The molecule has 2 unspecified atom stereocenters. The van der Waals surface area contributed by atoms with Crippen LogP contribution in [0.4, 0.5) is 28.4 Å². The Balaban J connectivity index is 0.953. The lowest BCUT2D eigenvalue weighted by atomic mass is 9.74. The van der Waals surface area contributed by atoms with Crippen LogP contribution in [-0.2, 0) is 0 Å². The summed E-state index contributed by atoms with van der Waals surface area (Å²) in [5, 5.41) is 2.46. The van der Waals surface area contributed by atoms with Crippen LogP contribution < -0.4 is 9.80 Å². The fraction of sp³-hybridized carbons (Fsp3) is 0.0333. The monoisotopic (exact) mass is 792 g/mol. The molecule has 0 spiro atoms. The van der Waals surface area contributed by atoms with Crippen molar-refractivity contribution in [3.63, 3.8) is 0 Å². The van der Waals surface area contributed by atoms with Gasteiger partial charge in [0, 0.05) is 45.7 Å². The quantitative estimate of drug-likeness (QED) is 0.144. The van der Waals surface area contributed by atoms with E-state index in [-0.39, 0.29) is 11.8 Å². The number of allylic oxidation sites excluding steroid dienone is 4. The molecule has 0 N–H and O–H groups in total. The molecule has 2 aliphatic carbocycles. The molecule has 9 aromatic rings. The minimum absolute atomic E-state index is 0.202. The summed E-state index contributed by atoms with van der Waals surface area (Å²) in [7, 11) is 0. The van der Waals surface area contributed by atoms with E-state index in [1.807, 2.05) is 0 Å². The first-order valence-electron chi connectivity index (χ1n) is 21.5. The number of hydrogen-bond donors (Lipinski definition) is 0. The standard InChI is InChI=1S/C60H44N2/c1-3-14-43(15-4-1)45-26-34-51(35-27-45)61(52-36-28-46(29-37-52)44-16-5-2-6-17-44)53-38-30-47(31-39-53)48-32-40-54(41-33-48)62(59-25-13-20-49-18-7-10-22-56(49)59)60-42-50-19-8-9-21-55(50)57-23-11-12-24-58(57)60/h1-42,57-58H.